The summed E-state index contributed by atoms with van der Waals surface area (Å²) in [7, 11) is 0. The van der Waals surface area contributed by atoms with Gasteiger partial charge in [0.25, 0.3) is 0 Å². The second-order valence-electron chi connectivity index (χ2n) is 9.15. The Balaban J connectivity index is 1.57. The zero-order chi connectivity index (χ0) is 22.8. The summed E-state index contributed by atoms with van der Waals surface area (Å²) in [6, 6.07) is 8.66. The second-order valence-corrected chi connectivity index (χ2v) is 9.15. The third kappa shape index (κ3) is 6.75. The quantitative estimate of drug-likeness (QED) is 0.296. The Labute approximate surface area is 193 Å². The monoisotopic (exact) mass is 434 g/mol. The molecule has 0 unspecified atom stereocenters. The van der Waals surface area contributed by atoms with E-state index in [1.54, 1.807) is 0 Å². The predicted molar refractivity (Wildman–Crippen MR) is 131 cm³/mol. The van der Waals surface area contributed by atoms with Crippen LogP contribution in [-0.2, 0) is 11.2 Å². The Morgan fingerprint density at radius 1 is 0.969 bits per heavy atom. The number of hydrogen-bond acceptors (Lipinski definition) is 3. The lowest BCUT2D eigenvalue weighted by Gasteiger charge is -2.29. The molecule has 0 saturated heterocycles. The van der Waals surface area contributed by atoms with Crippen LogP contribution in [0.4, 0.5) is 0 Å². The van der Waals surface area contributed by atoms with Gasteiger partial charge in [0.1, 0.15) is 0 Å². The van der Waals surface area contributed by atoms with Gasteiger partial charge in [0, 0.05) is 23.5 Å². The van der Waals surface area contributed by atoms with Crippen molar-refractivity contribution < 1.29 is 9.90 Å². The first-order valence-electron chi connectivity index (χ1n) is 12.5. The lowest BCUT2D eigenvalue weighted by molar-refractivity contribution is -0.133. The third-order valence-corrected chi connectivity index (χ3v) is 6.75. The van der Waals surface area contributed by atoms with Crippen molar-refractivity contribution in [1.82, 2.24) is 9.97 Å². The van der Waals surface area contributed by atoms with E-state index >= 15 is 0 Å². The number of benzene rings is 1. The van der Waals surface area contributed by atoms with Gasteiger partial charge >= 0.3 is 5.97 Å². The Hall–Kier alpha value is -2.49. The van der Waals surface area contributed by atoms with Crippen molar-refractivity contribution in [3.05, 3.63) is 59.4 Å². The van der Waals surface area contributed by atoms with E-state index in [2.05, 4.69) is 48.1 Å². The standard InChI is InChI=1S/C28H38N2O2/c1-3-5-7-9-21-19-29-27(30-20-21)25-17-13-23(14-18-25)22-11-15-24(16-12-22)26(28(31)32)10-8-6-4-2/h10,13-14,17-20,22,24H,3-9,11-12,15-16H2,1-2H3,(H,31,32)/t22-,24-. The molecule has 4 nitrogen and oxygen atoms in total. The van der Waals surface area contributed by atoms with Gasteiger partial charge in [-0.25, -0.2) is 14.8 Å². The van der Waals surface area contributed by atoms with Crippen LogP contribution in [0.15, 0.2) is 48.3 Å². The maximum absolute atomic E-state index is 11.7. The highest BCUT2D eigenvalue weighted by Crippen LogP contribution is 2.39. The number of carboxylic acids is 1. The summed E-state index contributed by atoms with van der Waals surface area (Å²) in [6.07, 6.45) is 17.6. The molecule has 0 radical (unpaired) electrons. The molecule has 0 spiro atoms. The van der Waals surface area contributed by atoms with E-state index in [0.717, 1.165) is 62.8 Å². The van der Waals surface area contributed by atoms with Gasteiger partial charge in [-0.05, 0) is 67.9 Å². The Kier molecular flexibility index (Phi) is 9.45. The minimum Gasteiger partial charge on any atom is -0.478 e. The highest BCUT2D eigenvalue weighted by molar-refractivity contribution is 5.87. The summed E-state index contributed by atoms with van der Waals surface area (Å²) >= 11 is 0. The number of carbonyl (C=O) groups is 1. The Morgan fingerprint density at radius 3 is 2.22 bits per heavy atom. The van der Waals surface area contributed by atoms with E-state index in [-0.39, 0.29) is 5.92 Å². The van der Waals surface area contributed by atoms with E-state index in [0.29, 0.717) is 11.5 Å². The lowest BCUT2D eigenvalue weighted by Crippen LogP contribution is -2.19. The minimum absolute atomic E-state index is 0.198. The van der Waals surface area contributed by atoms with Crippen LogP contribution in [0.2, 0.25) is 0 Å². The summed E-state index contributed by atoms with van der Waals surface area (Å²) in [5, 5.41) is 9.64. The molecule has 1 aliphatic rings. The molecule has 32 heavy (non-hydrogen) atoms. The number of allylic oxidation sites excluding steroid dienone is 1. The van der Waals surface area contributed by atoms with Gasteiger partial charge < -0.3 is 5.11 Å². The fourth-order valence-electron chi connectivity index (χ4n) is 4.74. The summed E-state index contributed by atoms with van der Waals surface area (Å²) in [6.45, 7) is 4.36. The summed E-state index contributed by atoms with van der Waals surface area (Å²) < 4.78 is 0. The molecular weight excluding hydrogens is 396 g/mol. The molecule has 1 aromatic carbocycles. The molecule has 172 valence electrons. The Morgan fingerprint density at radius 2 is 1.62 bits per heavy atom. The van der Waals surface area contributed by atoms with E-state index in [9.17, 15) is 9.90 Å². The first kappa shape index (κ1) is 24.2. The summed E-state index contributed by atoms with van der Waals surface area (Å²) in [4.78, 5) is 20.9. The maximum Gasteiger partial charge on any atom is 0.331 e. The SMILES string of the molecule is CCCCC=C(C(=O)O)[C@H]1CC[C@H](c2ccc(-c3ncc(CCCCC)cn3)cc2)CC1. The first-order valence-corrected chi connectivity index (χ1v) is 12.5. The molecule has 1 aromatic heterocycles. The number of aryl methyl sites for hydroxylation is 1. The number of aromatic nitrogens is 2. The van der Waals surface area contributed by atoms with Crippen LogP contribution in [0.5, 0.6) is 0 Å². The molecule has 1 fully saturated rings. The summed E-state index contributed by atoms with van der Waals surface area (Å²) in [5.41, 5.74) is 4.24. The molecule has 1 saturated carbocycles. The van der Waals surface area contributed by atoms with Gasteiger partial charge in [0.15, 0.2) is 5.82 Å². The first-order chi connectivity index (χ1) is 15.6. The smallest absolute Gasteiger partial charge is 0.331 e. The van der Waals surface area contributed by atoms with Gasteiger partial charge in [-0.15, -0.1) is 0 Å². The van der Waals surface area contributed by atoms with Crippen LogP contribution < -0.4 is 0 Å². The van der Waals surface area contributed by atoms with Crippen LogP contribution in [0.25, 0.3) is 11.4 Å². The number of hydrogen-bond donors (Lipinski definition) is 1. The fraction of sp³-hybridized carbons (Fsp3) is 0.536. The normalized spacial score (nSPS) is 19.1. The fourth-order valence-corrected chi connectivity index (χ4v) is 4.74. The average molecular weight is 435 g/mol. The molecule has 1 heterocycles. The van der Waals surface area contributed by atoms with E-state index in [1.807, 2.05) is 18.5 Å². The van der Waals surface area contributed by atoms with Crippen molar-refractivity contribution in [3.63, 3.8) is 0 Å². The van der Waals surface area contributed by atoms with Crippen LogP contribution in [0.3, 0.4) is 0 Å². The number of carboxylic acid groups (broad SMARTS) is 1. The largest absolute Gasteiger partial charge is 0.478 e. The lowest BCUT2D eigenvalue weighted by atomic mass is 9.75. The van der Waals surface area contributed by atoms with Gasteiger partial charge in [-0.1, -0.05) is 69.9 Å². The molecule has 1 aliphatic carbocycles. The maximum atomic E-state index is 11.7. The van der Waals surface area contributed by atoms with Crippen LogP contribution in [0.1, 0.15) is 95.1 Å². The molecule has 3 rings (SSSR count). The molecule has 2 aromatic rings. The molecule has 1 N–H and O–H groups in total. The van der Waals surface area contributed by atoms with Crippen molar-refractivity contribution in [2.75, 3.05) is 0 Å². The van der Waals surface area contributed by atoms with E-state index in [1.165, 1.54) is 30.4 Å². The molecule has 0 bridgehead atoms. The second kappa shape index (κ2) is 12.5. The highest BCUT2D eigenvalue weighted by atomic mass is 16.4. The highest BCUT2D eigenvalue weighted by Gasteiger charge is 2.27. The van der Waals surface area contributed by atoms with Gasteiger partial charge in [-0.2, -0.15) is 0 Å². The van der Waals surface area contributed by atoms with Crippen molar-refractivity contribution in [2.24, 2.45) is 5.92 Å². The molecular formula is C28H38N2O2. The number of aliphatic carboxylic acids is 1. The van der Waals surface area contributed by atoms with E-state index in [4.69, 9.17) is 0 Å². The zero-order valence-electron chi connectivity index (χ0n) is 19.7. The van der Waals surface area contributed by atoms with Crippen LogP contribution in [0, 0.1) is 5.92 Å². The summed E-state index contributed by atoms with van der Waals surface area (Å²) in [5.74, 6) is 0.755. The Bertz CT molecular complexity index is 863. The van der Waals surface area contributed by atoms with Gasteiger partial charge in [-0.3, -0.25) is 0 Å². The van der Waals surface area contributed by atoms with Gasteiger partial charge in [0.2, 0.25) is 0 Å². The number of rotatable bonds is 11. The van der Waals surface area contributed by atoms with Crippen LogP contribution >= 0.6 is 0 Å². The predicted octanol–water partition coefficient (Wildman–Crippen LogP) is 7.35. The molecule has 4 heteroatoms. The number of unbranched alkanes of at least 4 members (excludes halogenated alkanes) is 4. The average Bonchev–Trinajstić information content (AvgIpc) is 2.83. The minimum atomic E-state index is -0.731. The third-order valence-electron chi connectivity index (χ3n) is 6.75. The van der Waals surface area contributed by atoms with E-state index < -0.39 is 5.97 Å². The zero-order valence-corrected chi connectivity index (χ0v) is 19.7. The van der Waals surface area contributed by atoms with Crippen molar-refractivity contribution >= 4 is 5.97 Å². The molecule has 0 atom stereocenters. The van der Waals surface area contributed by atoms with Gasteiger partial charge in [0.05, 0.1) is 0 Å². The van der Waals surface area contributed by atoms with Crippen LogP contribution in [-0.4, -0.2) is 21.0 Å². The van der Waals surface area contributed by atoms with Crippen molar-refractivity contribution in [3.8, 4) is 11.4 Å². The topological polar surface area (TPSA) is 63.1 Å². The molecule has 0 amide bonds. The van der Waals surface area contributed by atoms with Crippen molar-refractivity contribution in [2.45, 2.75) is 90.4 Å². The van der Waals surface area contributed by atoms with Crippen molar-refractivity contribution in [1.29, 1.82) is 0 Å². The molecule has 0 aliphatic heterocycles. The number of nitrogens with zero attached hydrogens (tertiary/aromatic N) is 2.